The molecule has 0 aliphatic carbocycles. The molecule has 4 heterocycles. The standard InChI is InChI=1S/C21H22N6O2/c1-25-12-23-10-17(25)21(29)27-14-7-8-15(27)11-26-16(9-14)18(19(22)28)24-20(26)13-5-3-2-4-6-13/h2-6,10,12,14-15H,7-9,11H2,1H3,(H2,22,28)/t14-,15+/m0/s1. The van der Waals surface area contributed by atoms with Gasteiger partial charge in [0.25, 0.3) is 11.8 Å². The molecule has 2 N–H and O–H groups in total. The number of amides is 2. The van der Waals surface area contributed by atoms with Gasteiger partial charge in [-0.3, -0.25) is 9.59 Å². The minimum absolute atomic E-state index is 0.0156. The Kier molecular flexibility index (Phi) is 4.01. The van der Waals surface area contributed by atoms with E-state index in [1.54, 1.807) is 17.1 Å². The maximum Gasteiger partial charge on any atom is 0.272 e. The summed E-state index contributed by atoms with van der Waals surface area (Å²) in [6.07, 6.45) is 5.64. The summed E-state index contributed by atoms with van der Waals surface area (Å²) in [5.74, 6) is 0.186. The highest BCUT2D eigenvalue weighted by atomic mass is 16.2. The minimum Gasteiger partial charge on any atom is -0.364 e. The highest BCUT2D eigenvalue weighted by Gasteiger charge is 2.42. The van der Waals surface area contributed by atoms with Gasteiger partial charge in [0, 0.05) is 31.6 Å². The van der Waals surface area contributed by atoms with E-state index in [0.717, 1.165) is 29.9 Å². The Balaban J connectivity index is 1.59. The van der Waals surface area contributed by atoms with E-state index in [1.807, 2.05) is 42.3 Å². The quantitative estimate of drug-likeness (QED) is 0.734. The monoisotopic (exact) mass is 390 g/mol. The Bertz CT molecular complexity index is 1100. The summed E-state index contributed by atoms with van der Waals surface area (Å²) in [7, 11) is 1.83. The first-order valence-corrected chi connectivity index (χ1v) is 9.78. The lowest BCUT2D eigenvalue weighted by Gasteiger charge is -2.28. The number of hydrogen-bond acceptors (Lipinski definition) is 4. The van der Waals surface area contributed by atoms with Crippen LogP contribution in [-0.4, -0.2) is 47.9 Å². The Morgan fingerprint density at radius 3 is 2.59 bits per heavy atom. The van der Waals surface area contributed by atoms with E-state index in [-0.39, 0.29) is 18.0 Å². The number of carbonyl (C=O) groups excluding carboxylic acids is 2. The molecule has 29 heavy (non-hydrogen) atoms. The summed E-state index contributed by atoms with van der Waals surface area (Å²) >= 11 is 0. The minimum atomic E-state index is -0.529. The van der Waals surface area contributed by atoms with Crippen LogP contribution in [0.25, 0.3) is 11.4 Å². The number of aromatic nitrogens is 4. The second kappa shape index (κ2) is 6.58. The van der Waals surface area contributed by atoms with Crippen LogP contribution in [0.3, 0.4) is 0 Å². The second-order valence-corrected chi connectivity index (χ2v) is 7.76. The number of nitrogens with zero attached hydrogens (tertiary/aromatic N) is 5. The van der Waals surface area contributed by atoms with Crippen LogP contribution in [0.5, 0.6) is 0 Å². The lowest BCUT2D eigenvalue weighted by Crippen LogP contribution is -2.42. The van der Waals surface area contributed by atoms with E-state index in [2.05, 4.69) is 14.5 Å². The van der Waals surface area contributed by atoms with E-state index in [9.17, 15) is 9.59 Å². The first-order chi connectivity index (χ1) is 14.0. The second-order valence-electron chi connectivity index (χ2n) is 7.76. The smallest absolute Gasteiger partial charge is 0.272 e. The van der Waals surface area contributed by atoms with Gasteiger partial charge in [0.2, 0.25) is 0 Å². The van der Waals surface area contributed by atoms with E-state index in [0.29, 0.717) is 24.4 Å². The third-order valence-electron chi connectivity index (χ3n) is 6.05. The number of fused-ring (bicyclic) bond motifs is 3. The highest BCUT2D eigenvalue weighted by Crippen LogP contribution is 2.36. The van der Waals surface area contributed by atoms with Crippen LogP contribution in [0.1, 0.15) is 39.5 Å². The van der Waals surface area contributed by atoms with Gasteiger partial charge < -0.3 is 19.8 Å². The third-order valence-corrected chi connectivity index (χ3v) is 6.05. The third kappa shape index (κ3) is 2.74. The summed E-state index contributed by atoms with van der Waals surface area (Å²) in [5, 5.41) is 0. The summed E-state index contributed by atoms with van der Waals surface area (Å²) < 4.78 is 3.83. The number of primary amides is 1. The van der Waals surface area contributed by atoms with Crippen molar-refractivity contribution in [3.63, 3.8) is 0 Å². The molecule has 2 aliphatic heterocycles. The van der Waals surface area contributed by atoms with E-state index in [4.69, 9.17) is 5.73 Å². The van der Waals surface area contributed by atoms with Crippen molar-refractivity contribution in [2.45, 2.75) is 37.9 Å². The molecule has 2 aromatic heterocycles. The van der Waals surface area contributed by atoms with Gasteiger partial charge >= 0.3 is 0 Å². The van der Waals surface area contributed by atoms with E-state index < -0.39 is 5.91 Å². The van der Waals surface area contributed by atoms with Crippen LogP contribution in [0.4, 0.5) is 0 Å². The Morgan fingerprint density at radius 1 is 1.14 bits per heavy atom. The number of carbonyl (C=O) groups is 2. The largest absolute Gasteiger partial charge is 0.364 e. The molecule has 2 bridgehead atoms. The summed E-state index contributed by atoms with van der Waals surface area (Å²) in [6, 6.07) is 9.85. The molecule has 8 heteroatoms. The summed E-state index contributed by atoms with van der Waals surface area (Å²) in [4.78, 5) is 36.1. The molecule has 1 aromatic carbocycles. The van der Waals surface area contributed by atoms with Crippen molar-refractivity contribution < 1.29 is 9.59 Å². The number of benzene rings is 1. The van der Waals surface area contributed by atoms with Crippen molar-refractivity contribution in [1.29, 1.82) is 0 Å². The van der Waals surface area contributed by atoms with Crippen molar-refractivity contribution in [1.82, 2.24) is 24.0 Å². The predicted octanol–water partition coefficient (Wildman–Crippen LogP) is 1.61. The first kappa shape index (κ1) is 17.7. The zero-order chi connectivity index (χ0) is 20.1. The maximum absolute atomic E-state index is 13.3. The van der Waals surface area contributed by atoms with Gasteiger partial charge in [-0.1, -0.05) is 30.3 Å². The van der Waals surface area contributed by atoms with Gasteiger partial charge in [0.15, 0.2) is 0 Å². The molecule has 5 rings (SSSR count). The van der Waals surface area contributed by atoms with Gasteiger partial charge in [-0.25, -0.2) is 9.97 Å². The van der Waals surface area contributed by atoms with Crippen LogP contribution in [0.15, 0.2) is 42.9 Å². The molecule has 2 aliphatic rings. The van der Waals surface area contributed by atoms with Crippen molar-refractivity contribution in [2.24, 2.45) is 12.8 Å². The topological polar surface area (TPSA) is 99.0 Å². The molecular weight excluding hydrogens is 368 g/mol. The SMILES string of the molecule is Cn1cncc1C(=O)N1[C@@H]2CC[C@H]1Cc1c(C(N)=O)nc(-c3ccccc3)n1C2. The number of aryl methyl sites for hydroxylation is 1. The number of rotatable bonds is 3. The number of hydrogen-bond donors (Lipinski definition) is 1. The fourth-order valence-electron chi connectivity index (χ4n) is 4.70. The zero-order valence-corrected chi connectivity index (χ0v) is 16.2. The lowest BCUT2D eigenvalue weighted by molar-refractivity contribution is 0.0656. The molecule has 0 radical (unpaired) electrons. The fourth-order valence-corrected chi connectivity index (χ4v) is 4.70. The molecule has 1 saturated heterocycles. The van der Waals surface area contributed by atoms with Crippen LogP contribution in [0.2, 0.25) is 0 Å². The summed E-state index contributed by atoms with van der Waals surface area (Å²) in [6.45, 7) is 0.597. The van der Waals surface area contributed by atoms with E-state index in [1.165, 1.54) is 0 Å². The van der Waals surface area contributed by atoms with Crippen LogP contribution in [0, 0.1) is 0 Å². The molecule has 2 amide bonds. The highest BCUT2D eigenvalue weighted by molar-refractivity contribution is 5.94. The molecule has 148 valence electrons. The maximum atomic E-state index is 13.3. The molecular formula is C21H22N6O2. The van der Waals surface area contributed by atoms with Gasteiger partial charge in [-0.2, -0.15) is 0 Å². The van der Waals surface area contributed by atoms with Crippen LogP contribution < -0.4 is 5.73 Å². The molecule has 2 atom stereocenters. The van der Waals surface area contributed by atoms with Gasteiger partial charge in [0.1, 0.15) is 17.2 Å². The van der Waals surface area contributed by atoms with Crippen molar-refractivity contribution in [3.8, 4) is 11.4 Å². The Labute approximate surface area is 168 Å². The molecule has 1 fully saturated rings. The summed E-state index contributed by atoms with van der Waals surface area (Å²) in [5.41, 5.74) is 8.31. The Morgan fingerprint density at radius 2 is 1.90 bits per heavy atom. The molecule has 0 unspecified atom stereocenters. The van der Waals surface area contributed by atoms with Crippen LogP contribution >= 0.6 is 0 Å². The Hall–Kier alpha value is -3.42. The van der Waals surface area contributed by atoms with Crippen molar-refractivity contribution in [3.05, 3.63) is 59.9 Å². The van der Waals surface area contributed by atoms with Crippen molar-refractivity contribution >= 4 is 11.8 Å². The molecule has 0 saturated carbocycles. The van der Waals surface area contributed by atoms with Gasteiger partial charge in [0.05, 0.1) is 24.3 Å². The van der Waals surface area contributed by atoms with E-state index >= 15 is 0 Å². The van der Waals surface area contributed by atoms with Gasteiger partial charge in [-0.05, 0) is 12.8 Å². The predicted molar refractivity (Wildman–Crippen MR) is 106 cm³/mol. The molecule has 0 spiro atoms. The first-order valence-electron chi connectivity index (χ1n) is 9.78. The number of imidazole rings is 2. The molecule has 3 aromatic rings. The fraction of sp³-hybridized carbons (Fsp3) is 0.333. The number of nitrogens with two attached hydrogens (primary N) is 1. The zero-order valence-electron chi connectivity index (χ0n) is 16.2. The van der Waals surface area contributed by atoms with Crippen molar-refractivity contribution in [2.75, 3.05) is 0 Å². The van der Waals surface area contributed by atoms with Gasteiger partial charge in [-0.15, -0.1) is 0 Å². The van der Waals surface area contributed by atoms with Crippen LogP contribution in [-0.2, 0) is 20.0 Å². The average Bonchev–Trinajstić information content (AvgIpc) is 3.37. The normalized spacial score (nSPS) is 20.4. The lowest BCUT2D eigenvalue weighted by atomic mass is 10.1. The molecule has 8 nitrogen and oxygen atoms in total. The average molecular weight is 390 g/mol.